The predicted octanol–water partition coefficient (Wildman–Crippen LogP) is 1.07. The Morgan fingerprint density at radius 2 is 1.50 bits per heavy atom. The Hall–Kier alpha value is 0.400. The van der Waals surface area contributed by atoms with Crippen molar-refractivity contribution in [1.82, 2.24) is 5.32 Å². The minimum absolute atomic E-state index is 0. The van der Waals surface area contributed by atoms with Crippen LogP contribution in [0.1, 0.15) is 25.7 Å². The maximum atomic E-state index is 11.0. The molecule has 1 saturated carbocycles. The average molecular weight is 210 g/mol. The van der Waals surface area contributed by atoms with Crippen molar-refractivity contribution in [3.05, 3.63) is 0 Å². The predicted molar refractivity (Wildman–Crippen MR) is 54.3 cm³/mol. The number of nitrogens with one attached hydrogen (secondary N) is 1. The van der Waals surface area contributed by atoms with Gasteiger partial charge in [-0.15, -0.1) is 12.4 Å². The largest absolute Gasteiger partial charge is 0.311 e. The van der Waals surface area contributed by atoms with Crippen molar-refractivity contribution >= 4 is 23.2 Å². The number of hydrogen-bond donors (Lipinski definition) is 1. The van der Waals surface area contributed by atoms with Crippen molar-refractivity contribution in [2.24, 2.45) is 0 Å². The molecule has 0 aromatic carbocycles. The lowest BCUT2D eigenvalue weighted by molar-refractivity contribution is 0.473. The van der Waals surface area contributed by atoms with Crippen molar-refractivity contribution in [2.75, 3.05) is 11.5 Å². The quantitative estimate of drug-likeness (QED) is 0.738. The zero-order valence-electron chi connectivity index (χ0n) is 7.12. The van der Waals surface area contributed by atoms with E-state index in [1.807, 2.05) is 0 Å². The summed E-state index contributed by atoms with van der Waals surface area (Å²) < 4.78 is 11.0. The third-order valence-electron chi connectivity index (χ3n) is 2.44. The van der Waals surface area contributed by atoms with E-state index in [-0.39, 0.29) is 12.4 Å². The third kappa shape index (κ3) is 3.04. The number of rotatable bonds is 2. The fourth-order valence-corrected chi connectivity index (χ4v) is 2.84. The van der Waals surface area contributed by atoms with E-state index in [0.29, 0.717) is 6.04 Å². The molecule has 12 heavy (non-hydrogen) atoms. The first-order valence-corrected chi connectivity index (χ1v) is 5.94. The van der Waals surface area contributed by atoms with E-state index in [2.05, 4.69) is 5.32 Å². The molecule has 4 heteroatoms. The van der Waals surface area contributed by atoms with E-state index in [0.717, 1.165) is 30.4 Å². The van der Waals surface area contributed by atoms with Gasteiger partial charge in [-0.2, -0.15) is 0 Å². The van der Waals surface area contributed by atoms with Crippen LogP contribution in [0.15, 0.2) is 0 Å². The maximum absolute atomic E-state index is 11.0. The van der Waals surface area contributed by atoms with Crippen LogP contribution in [0.25, 0.3) is 0 Å². The molecule has 0 radical (unpaired) electrons. The van der Waals surface area contributed by atoms with Crippen molar-refractivity contribution in [1.29, 1.82) is 0 Å². The highest BCUT2D eigenvalue weighted by molar-refractivity contribution is 7.85. The Balaban J connectivity index is 0.000000720. The van der Waals surface area contributed by atoms with Gasteiger partial charge in [-0.05, 0) is 25.7 Å². The summed E-state index contributed by atoms with van der Waals surface area (Å²) in [4.78, 5) is 0. The van der Waals surface area contributed by atoms with Crippen LogP contribution in [0, 0.1) is 0 Å². The first-order chi connectivity index (χ1) is 5.34. The first kappa shape index (κ1) is 10.5. The van der Waals surface area contributed by atoms with Crippen LogP contribution in [-0.2, 0) is 10.8 Å². The number of hydrogen-bond acceptors (Lipinski definition) is 2. The number of halogens is 1. The molecule has 1 saturated heterocycles. The van der Waals surface area contributed by atoms with Gasteiger partial charge in [0.2, 0.25) is 0 Å². The van der Waals surface area contributed by atoms with Crippen molar-refractivity contribution in [2.45, 2.75) is 37.8 Å². The molecule has 2 nitrogen and oxygen atoms in total. The summed E-state index contributed by atoms with van der Waals surface area (Å²) in [6.07, 6.45) is 4.98. The molecule has 0 aromatic heterocycles. The summed E-state index contributed by atoms with van der Waals surface area (Å²) in [5.74, 6) is 1.84. The van der Waals surface area contributed by atoms with E-state index >= 15 is 0 Å². The summed E-state index contributed by atoms with van der Waals surface area (Å²) in [6, 6.07) is 1.49. The SMILES string of the molecule is Cl.O=S1CCC(NC2CC2)CC1. The summed E-state index contributed by atoms with van der Waals surface area (Å²) in [5, 5.41) is 3.58. The lowest BCUT2D eigenvalue weighted by Gasteiger charge is -2.22. The molecule has 72 valence electrons. The Morgan fingerprint density at radius 1 is 1.00 bits per heavy atom. The van der Waals surface area contributed by atoms with Gasteiger partial charge in [0.05, 0.1) is 0 Å². The molecule has 2 rings (SSSR count). The summed E-state index contributed by atoms with van der Waals surface area (Å²) >= 11 is 0. The van der Waals surface area contributed by atoms with E-state index in [1.165, 1.54) is 12.8 Å². The lowest BCUT2D eigenvalue weighted by atomic mass is 10.1. The van der Waals surface area contributed by atoms with Crippen LogP contribution in [0.3, 0.4) is 0 Å². The van der Waals surface area contributed by atoms with Gasteiger partial charge < -0.3 is 5.32 Å². The molecular weight excluding hydrogens is 194 g/mol. The van der Waals surface area contributed by atoms with Crippen LogP contribution in [0.5, 0.6) is 0 Å². The molecule has 2 aliphatic rings. The molecule has 0 atom stereocenters. The minimum atomic E-state index is -0.495. The van der Waals surface area contributed by atoms with E-state index in [1.54, 1.807) is 0 Å². The first-order valence-electron chi connectivity index (χ1n) is 4.45. The van der Waals surface area contributed by atoms with Gasteiger partial charge in [-0.1, -0.05) is 0 Å². The summed E-state index contributed by atoms with van der Waals surface area (Å²) in [6.45, 7) is 0. The second kappa shape index (κ2) is 4.58. The van der Waals surface area contributed by atoms with Gasteiger partial charge in [0.1, 0.15) is 0 Å². The molecular formula is C8H16ClNOS. The Labute approximate surface area is 82.4 Å². The molecule has 1 aliphatic carbocycles. The standard InChI is InChI=1S/C8H15NOS.ClH/c10-11-5-3-8(4-6-11)9-7-1-2-7;/h7-9H,1-6H2;1H. The smallest absolute Gasteiger partial charge is 0.0249 e. The van der Waals surface area contributed by atoms with Gasteiger partial charge in [-0.3, -0.25) is 4.21 Å². The molecule has 1 aliphatic heterocycles. The molecule has 0 bridgehead atoms. The van der Waals surface area contributed by atoms with Crippen molar-refractivity contribution in [3.8, 4) is 0 Å². The fourth-order valence-electron chi connectivity index (χ4n) is 1.54. The van der Waals surface area contributed by atoms with E-state index in [4.69, 9.17) is 0 Å². The molecule has 0 unspecified atom stereocenters. The Kier molecular flexibility index (Phi) is 4.00. The zero-order chi connectivity index (χ0) is 7.68. The second-order valence-corrected chi connectivity index (χ2v) is 5.26. The molecule has 1 heterocycles. The normalized spacial score (nSPS) is 35.7. The van der Waals surface area contributed by atoms with E-state index in [9.17, 15) is 4.21 Å². The third-order valence-corrected chi connectivity index (χ3v) is 3.82. The highest BCUT2D eigenvalue weighted by Gasteiger charge is 2.26. The highest BCUT2D eigenvalue weighted by Crippen LogP contribution is 2.21. The van der Waals surface area contributed by atoms with Crippen molar-refractivity contribution < 1.29 is 4.21 Å². The molecule has 0 spiro atoms. The zero-order valence-corrected chi connectivity index (χ0v) is 8.76. The van der Waals surface area contributed by atoms with Crippen LogP contribution in [-0.4, -0.2) is 27.8 Å². The maximum Gasteiger partial charge on any atom is 0.0249 e. The topological polar surface area (TPSA) is 29.1 Å². The molecule has 0 amide bonds. The fraction of sp³-hybridized carbons (Fsp3) is 1.00. The van der Waals surface area contributed by atoms with Crippen LogP contribution in [0.2, 0.25) is 0 Å². The Bertz CT molecular complexity index is 162. The van der Waals surface area contributed by atoms with Crippen LogP contribution in [0.4, 0.5) is 0 Å². The molecule has 0 aromatic rings. The minimum Gasteiger partial charge on any atom is -0.311 e. The van der Waals surface area contributed by atoms with Gasteiger partial charge >= 0.3 is 0 Å². The van der Waals surface area contributed by atoms with Gasteiger partial charge in [0.25, 0.3) is 0 Å². The molecule has 1 N–H and O–H groups in total. The van der Waals surface area contributed by atoms with Gasteiger partial charge in [0.15, 0.2) is 0 Å². The summed E-state index contributed by atoms with van der Waals surface area (Å²) in [5.41, 5.74) is 0. The Morgan fingerprint density at radius 3 is 2.00 bits per heavy atom. The van der Waals surface area contributed by atoms with Crippen LogP contribution >= 0.6 is 12.4 Å². The average Bonchev–Trinajstić information content (AvgIpc) is 2.78. The van der Waals surface area contributed by atoms with E-state index < -0.39 is 10.8 Å². The van der Waals surface area contributed by atoms with Crippen molar-refractivity contribution in [3.63, 3.8) is 0 Å². The summed E-state index contributed by atoms with van der Waals surface area (Å²) in [7, 11) is -0.495. The van der Waals surface area contributed by atoms with Crippen LogP contribution < -0.4 is 5.32 Å². The monoisotopic (exact) mass is 209 g/mol. The van der Waals surface area contributed by atoms with Gasteiger partial charge in [-0.25, -0.2) is 0 Å². The van der Waals surface area contributed by atoms with Gasteiger partial charge in [0, 0.05) is 34.4 Å². The molecule has 2 fully saturated rings. The second-order valence-electron chi connectivity index (χ2n) is 3.56. The highest BCUT2D eigenvalue weighted by atomic mass is 35.5. The lowest BCUT2D eigenvalue weighted by Crippen LogP contribution is -2.36.